The Balaban J connectivity index is 2.95. The molecular weight excluding hydrogens is 351 g/mol. The molecule has 7 heavy (non-hydrogen) atoms. The van der Waals surface area contributed by atoms with E-state index in [2.05, 4.69) is 51.3 Å². The van der Waals surface area contributed by atoms with Gasteiger partial charge >= 0.3 is 0 Å². The molecule has 44 valence electrons. The minimum absolute atomic E-state index is 0.415. The summed E-state index contributed by atoms with van der Waals surface area (Å²) < 4.78 is 0. The van der Waals surface area contributed by atoms with Crippen LogP contribution >= 0.6 is 69.3 Å². The summed E-state index contributed by atoms with van der Waals surface area (Å²) in [6.07, 6.45) is -0.670. The molecule has 0 spiro atoms. The van der Waals surface area contributed by atoms with Crippen LogP contribution < -0.4 is 4.86 Å². The van der Waals surface area contributed by atoms with Crippen LogP contribution in [0, 0.1) is 0 Å². The molecule has 0 aromatic carbocycles. The van der Waals surface area contributed by atoms with Gasteiger partial charge in [0.25, 0.3) is 0 Å². The summed E-state index contributed by atoms with van der Waals surface area (Å²) in [6, 6.07) is 0. The quantitative estimate of drug-likeness (QED) is 0.724. The third-order valence-electron chi connectivity index (χ3n) is 0.151. The lowest BCUT2D eigenvalue weighted by atomic mass is 13.9. The van der Waals surface area contributed by atoms with Gasteiger partial charge in [0.05, 0.1) is 0 Å². The van der Waals surface area contributed by atoms with Gasteiger partial charge < -0.3 is 0 Å². The summed E-state index contributed by atoms with van der Waals surface area (Å²) in [6.45, 7) is 0. The maximum atomic E-state index is 5.50. The molecule has 0 saturated heterocycles. The zero-order chi connectivity index (χ0) is 5.86. The first-order valence-corrected chi connectivity index (χ1v) is 10.8. The molecule has 0 saturated carbocycles. The van der Waals surface area contributed by atoms with Gasteiger partial charge in [0.15, 0.2) is 0 Å². The third-order valence-corrected chi connectivity index (χ3v) is 6.32. The van der Waals surface area contributed by atoms with Crippen molar-refractivity contribution in [1.82, 2.24) is 4.86 Å². The largest absolute Gasteiger partial charge is 0.234 e. The highest BCUT2D eigenvalue weighted by Crippen LogP contribution is 2.59. The van der Waals surface area contributed by atoms with Gasteiger partial charge in [-0.15, -0.1) is 0 Å². The zero-order valence-corrected chi connectivity index (χ0v) is 10.2. The van der Waals surface area contributed by atoms with Crippen molar-refractivity contribution in [2.75, 3.05) is 0 Å². The SMILES string of the molecule is ClP(Br)NP(Br)Br. The van der Waals surface area contributed by atoms with Crippen molar-refractivity contribution >= 4 is 69.3 Å². The monoisotopic (exact) mass is 349 g/mol. The van der Waals surface area contributed by atoms with E-state index < -0.39 is 11.6 Å². The van der Waals surface area contributed by atoms with E-state index in [1.807, 2.05) is 0 Å². The van der Waals surface area contributed by atoms with Crippen molar-refractivity contribution in [3.8, 4) is 0 Å². The number of nitrogens with one attached hydrogen (secondary N) is 1. The fraction of sp³-hybridized carbons (Fsp3) is 0. The average molecular weight is 352 g/mol. The zero-order valence-electron chi connectivity index (χ0n) is 2.91. The maximum absolute atomic E-state index is 5.50. The van der Waals surface area contributed by atoms with Gasteiger partial charge in [-0.2, -0.15) is 0 Å². The van der Waals surface area contributed by atoms with Crippen molar-refractivity contribution in [1.29, 1.82) is 0 Å². The number of rotatable bonds is 2. The minimum Gasteiger partial charge on any atom is -0.234 e. The predicted octanol–water partition coefficient (Wildman–Crippen LogP) is 4.45. The Morgan fingerprint density at radius 2 is 1.71 bits per heavy atom. The van der Waals surface area contributed by atoms with E-state index in [9.17, 15) is 0 Å². The Labute approximate surface area is 73.6 Å². The lowest BCUT2D eigenvalue weighted by molar-refractivity contribution is 1.76. The first kappa shape index (κ1) is 9.55. The smallest absolute Gasteiger partial charge is 0.136 e. The lowest BCUT2D eigenvalue weighted by Crippen LogP contribution is -1.78. The van der Waals surface area contributed by atoms with E-state index >= 15 is 0 Å². The number of halogens is 4. The molecule has 1 N–H and O–H groups in total. The molecule has 7 heteroatoms. The van der Waals surface area contributed by atoms with Gasteiger partial charge in [0.2, 0.25) is 0 Å². The Morgan fingerprint density at radius 1 is 1.29 bits per heavy atom. The molecule has 1 nitrogen and oxygen atoms in total. The number of hydrogen-bond acceptors (Lipinski definition) is 1. The lowest BCUT2D eigenvalue weighted by Gasteiger charge is -2.01. The Hall–Kier alpha value is 2.55. The molecule has 0 aliphatic rings. The van der Waals surface area contributed by atoms with Crippen molar-refractivity contribution < 1.29 is 0 Å². The molecule has 0 bridgehead atoms. The van der Waals surface area contributed by atoms with Crippen molar-refractivity contribution in [2.24, 2.45) is 0 Å². The molecule has 0 heterocycles. The highest BCUT2D eigenvalue weighted by atomic mass is 79.9. The van der Waals surface area contributed by atoms with E-state index in [1.165, 1.54) is 0 Å². The van der Waals surface area contributed by atoms with Crippen LogP contribution in [-0.2, 0) is 0 Å². The standard InChI is InChI=1S/Br3ClHNP2/c1-6(2)5-7(3)4/h5H. The van der Waals surface area contributed by atoms with Crippen LogP contribution in [0.5, 0.6) is 0 Å². The van der Waals surface area contributed by atoms with Crippen LogP contribution in [0.1, 0.15) is 0 Å². The second-order valence-corrected chi connectivity index (χ2v) is 13.8. The van der Waals surface area contributed by atoms with Crippen LogP contribution in [0.2, 0.25) is 0 Å². The van der Waals surface area contributed by atoms with Gasteiger partial charge in [-0.3, -0.25) is 0 Å². The Bertz CT molecular complexity index is 42.2. The van der Waals surface area contributed by atoms with E-state index in [1.54, 1.807) is 0 Å². The molecule has 0 aromatic heterocycles. The van der Waals surface area contributed by atoms with Crippen LogP contribution in [0.4, 0.5) is 0 Å². The molecule has 0 radical (unpaired) electrons. The summed E-state index contributed by atoms with van der Waals surface area (Å²) in [5.74, 6) is 0. The molecule has 0 aromatic rings. The summed E-state index contributed by atoms with van der Waals surface area (Å²) in [7, 11) is 0. The molecule has 1 atom stereocenters. The summed E-state index contributed by atoms with van der Waals surface area (Å²) >= 11 is 15.1. The Kier molecular flexibility index (Phi) is 7.29. The van der Waals surface area contributed by atoms with Crippen LogP contribution in [0.25, 0.3) is 0 Å². The fourth-order valence-corrected chi connectivity index (χ4v) is 11.0. The van der Waals surface area contributed by atoms with Crippen molar-refractivity contribution in [2.45, 2.75) is 0 Å². The second kappa shape index (κ2) is 5.34. The highest BCUT2D eigenvalue weighted by Gasteiger charge is 2.00. The topological polar surface area (TPSA) is 12.0 Å². The second-order valence-electron chi connectivity index (χ2n) is 0.566. The maximum Gasteiger partial charge on any atom is 0.136 e. The van der Waals surface area contributed by atoms with Crippen LogP contribution in [-0.4, -0.2) is 0 Å². The van der Waals surface area contributed by atoms with Gasteiger partial charge in [-0.05, 0) is 46.5 Å². The Morgan fingerprint density at radius 3 is 1.71 bits per heavy atom. The predicted molar refractivity (Wildman–Crippen MR) is 49.6 cm³/mol. The minimum atomic E-state index is -0.670. The summed E-state index contributed by atoms with van der Waals surface area (Å²) in [4.78, 5) is 2.95. The van der Waals surface area contributed by atoms with Gasteiger partial charge in [0.1, 0.15) is 11.6 Å². The van der Waals surface area contributed by atoms with E-state index in [0.717, 1.165) is 0 Å². The molecule has 0 aliphatic carbocycles. The molecular formula is HBr3ClNP2. The molecule has 0 aliphatic heterocycles. The van der Waals surface area contributed by atoms with Crippen LogP contribution in [0.3, 0.4) is 0 Å². The third kappa shape index (κ3) is 8.55. The normalized spacial score (nSPS) is 15.0. The van der Waals surface area contributed by atoms with Crippen molar-refractivity contribution in [3.63, 3.8) is 0 Å². The molecule has 0 fully saturated rings. The average Bonchev–Trinajstić information content (AvgIpc) is 1.27. The number of hydrogen-bond donors (Lipinski definition) is 1. The van der Waals surface area contributed by atoms with E-state index in [-0.39, 0.29) is 0 Å². The summed E-state index contributed by atoms with van der Waals surface area (Å²) in [5, 5.41) is 0. The van der Waals surface area contributed by atoms with Gasteiger partial charge in [-0.25, -0.2) is 4.86 Å². The first-order chi connectivity index (χ1) is 3.13. The van der Waals surface area contributed by atoms with Crippen molar-refractivity contribution in [3.05, 3.63) is 0 Å². The highest BCUT2D eigenvalue weighted by molar-refractivity contribution is 9.69. The first-order valence-electron chi connectivity index (χ1n) is 1.12. The van der Waals surface area contributed by atoms with E-state index in [4.69, 9.17) is 11.2 Å². The molecule has 1 unspecified atom stereocenters. The molecule has 0 amide bonds. The van der Waals surface area contributed by atoms with Gasteiger partial charge in [-0.1, -0.05) is 11.2 Å². The summed E-state index contributed by atoms with van der Waals surface area (Å²) in [5.41, 5.74) is -0.415. The fourth-order valence-electron chi connectivity index (χ4n) is 0.0571. The van der Waals surface area contributed by atoms with Crippen LogP contribution in [0.15, 0.2) is 0 Å². The van der Waals surface area contributed by atoms with Gasteiger partial charge in [0, 0.05) is 0 Å². The van der Waals surface area contributed by atoms with E-state index in [0.29, 0.717) is 0 Å². The molecule has 0 rings (SSSR count).